The fraction of sp³-hybridized carbons (Fsp3) is 0.226. The highest BCUT2D eigenvalue weighted by molar-refractivity contribution is 7.07. The van der Waals surface area contributed by atoms with E-state index < -0.39 is 18.0 Å². The van der Waals surface area contributed by atoms with Crippen molar-refractivity contribution in [2.45, 2.75) is 26.8 Å². The van der Waals surface area contributed by atoms with Crippen molar-refractivity contribution in [3.8, 4) is 22.8 Å². The monoisotopic (exact) mass is 622 g/mol. The van der Waals surface area contributed by atoms with Gasteiger partial charge in [0.25, 0.3) is 5.56 Å². The van der Waals surface area contributed by atoms with Crippen molar-refractivity contribution in [2.75, 3.05) is 20.3 Å². The van der Waals surface area contributed by atoms with Gasteiger partial charge in [0.2, 0.25) is 0 Å². The molecule has 0 aliphatic carbocycles. The number of esters is 1. The fourth-order valence-electron chi connectivity index (χ4n) is 4.79. The molecule has 0 fully saturated rings. The highest BCUT2D eigenvalue weighted by atomic mass is 35.5. The highest BCUT2D eigenvalue weighted by Gasteiger charge is 2.34. The number of ether oxygens (including phenoxy) is 3. The molecule has 12 heteroatoms. The Hall–Kier alpha value is -4.61. The standard InChI is InChI=1S/C31H27ClN2O8S/c1-5-40-24-14-17(8-11-23(24)39-4)27-26(30(38)41-6-2)16(3)33-31-34(27)28(35)25(43-31)15-19-9-12-22(42-19)20-13-18(29(36)37)7-10-21(20)32/h7-15,27H,5-6H2,1-4H3,(H,36,37)/b25-15+. The predicted octanol–water partition coefficient (Wildman–Crippen LogP) is 4.82. The molecule has 1 atom stereocenters. The molecule has 1 N–H and O–H groups in total. The first-order valence-electron chi connectivity index (χ1n) is 13.3. The summed E-state index contributed by atoms with van der Waals surface area (Å²) < 4.78 is 24.3. The molecule has 0 spiro atoms. The maximum absolute atomic E-state index is 13.9. The summed E-state index contributed by atoms with van der Waals surface area (Å²) in [5.74, 6) is -0.00331. The summed E-state index contributed by atoms with van der Waals surface area (Å²) in [6.07, 6.45) is 1.57. The quantitative estimate of drug-likeness (QED) is 0.263. The average Bonchev–Trinajstić information content (AvgIpc) is 3.56. The van der Waals surface area contributed by atoms with E-state index in [4.69, 9.17) is 30.2 Å². The van der Waals surface area contributed by atoms with Gasteiger partial charge in [-0.2, -0.15) is 0 Å². The zero-order valence-corrected chi connectivity index (χ0v) is 25.2. The van der Waals surface area contributed by atoms with Crippen LogP contribution in [0.2, 0.25) is 5.02 Å². The van der Waals surface area contributed by atoms with Crippen LogP contribution in [0.25, 0.3) is 17.4 Å². The van der Waals surface area contributed by atoms with Crippen molar-refractivity contribution in [1.29, 1.82) is 0 Å². The van der Waals surface area contributed by atoms with Crippen LogP contribution in [-0.2, 0) is 9.53 Å². The van der Waals surface area contributed by atoms with Crippen LogP contribution in [0.5, 0.6) is 11.5 Å². The minimum atomic E-state index is -1.09. The smallest absolute Gasteiger partial charge is 0.338 e. The maximum Gasteiger partial charge on any atom is 0.338 e. The van der Waals surface area contributed by atoms with Crippen LogP contribution in [0.1, 0.15) is 48.5 Å². The van der Waals surface area contributed by atoms with Crippen molar-refractivity contribution < 1.29 is 33.3 Å². The second-order valence-corrected chi connectivity index (χ2v) is 10.8. The molecular formula is C31H27ClN2O8S. The lowest BCUT2D eigenvalue weighted by atomic mass is 9.95. The number of aromatic nitrogens is 1. The SMILES string of the molecule is CCOC(=O)C1=C(C)N=c2s/c(=C/c3ccc(-c4cc(C(=O)O)ccc4Cl)o3)c(=O)n2C1c1ccc(OC)c(OCC)c1. The molecule has 0 bridgehead atoms. The van der Waals surface area contributed by atoms with Crippen LogP contribution >= 0.6 is 22.9 Å². The van der Waals surface area contributed by atoms with Gasteiger partial charge in [0, 0.05) is 11.6 Å². The number of allylic oxidation sites excluding steroid dienone is 1. The first kappa shape index (κ1) is 29.9. The molecule has 1 unspecified atom stereocenters. The van der Waals surface area contributed by atoms with Gasteiger partial charge in [-0.15, -0.1) is 0 Å². The number of carbonyl (C=O) groups excluding carboxylic acids is 1. The minimum absolute atomic E-state index is 0.0597. The van der Waals surface area contributed by atoms with Crippen molar-refractivity contribution in [2.24, 2.45) is 4.99 Å². The Morgan fingerprint density at radius 1 is 1.12 bits per heavy atom. The van der Waals surface area contributed by atoms with Crippen LogP contribution in [0.4, 0.5) is 0 Å². The van der Waals surface area contributed by atoms with Crippen molar-refractivity contribution in [3.05, 3.63) is 101 Å². The zero-order chi connectivity index (χ0) is 30.8. The number of fused-ring (bicyclic) bond motifs is 1. The summed E-state index contributed by atoms with van der Waals surface area (Å²) in [6.45, 7) is 5.80. The predicted molar refractivity (Wildman–Crippen MR) is 161 cm³/mol. The number of nitrogens with zero attached hydrogens (tertiary/aromatic N) is 2. The number of furan rings is 1. The average molecular weight is 623 g/mol. The lowest BCUT2D eigenvalue weighted by Gasteiger charge is -2.25. The van der Waals surface area contributed by atoms with Crippen molar-refractivity contribution in [1.82, 2.24) is 4.57 Å². The number of hydrogen-bond acceptors (Lipinski definition) is 9. The van der Waals surface area contributed by atoms with Crippen LogP contribution < -0.4 is 24.4 Å². The second-order valence-electron chi connectivity index (χ2n) is 9.35. The third-order valence-corrected chi connectivity index (χ3v) is 8.01. The zero-order valence-electron chi connectivity index (χ0n) is 23.7. The Bertz CT molecular complexity index is 1950. The third-order valence-electron chi connectivity index (χ3n) is 6.70. The Balaban J connectivity index is 1.65. The Kier molecular flexibility index (Phi) is 8.56. The summed E-state index contributed by atoms with van der Waals surface area (Å²) >= 11 is 7.46. The Morgan fingerprint density at radius 3 is 2.60 bits per heavy atom. The minimum Gasteiger partial charge on any atom is -0.493 e. The van der Waals surface area contributed by atoms with Crippen LogP contribution in [-0.4, -0.2) is 41.9 Å². The third kappa shape index (κ3) is 5.73. The van der Waals surface area contributed by atoms with E-state index in [1.165, 1.54) is 29.9 Å². The van der Waals surface area contributed by atoms with Crippen LogP contribution in [0.15, 0.2) is 74.0 Å². The molecule has 2 aromatic carbocycles. The van der Waals surface area contributed by atoms with E-state index in [0.717, 1.165) is 11.3 Å². The number of thiazole rings is 1. The van der Waals surface area contributed by atoms with Crippen molar-refractivity contribution >= 4 is 41.0 Å². The van der Waals surface area contributed by atoms with Gasteiger partial charge >= 0.3 is 11.9 Å². The molecular weight excluding hydrogens is 596 g/mol. The first-order chi connectivity index (χ1) is 20.7. The number of benzene rings is 2. The largest absolute Gasteiger partial charge is 0.493 e. The molecule has 10 nitrogen and oxygen atoms in total. The molecule has 0 radical (unpaired) electrons. The van der Waals surface area contributed by atoms with Gasteiger partial charge in [-0.05, 0) is 68.8 Å². The van der Waals surface area contributed by atoms with Gasteiger partial charge in [0.1, 0.15) is 11.5 Å². The molecule has 1 aliphatic rings. The van der Waals surface area contributed by atoms with Gasteiger partial charge < -0.3 is 23.7 Å². The van der Waals surface area contributed by atoms with Crippen LogP contribution in [0, 0.1) is 0 Å². The van der Waals surface area contributed by atoms with Gasteiger partial charge in [0.15, 0.2) is 16.3 Å². The molecule has 0 saturated carbocycles. The number of carbonyl (C=O) groups is 2. The number of aromatic carboxylic acids is 1. The molecule has 4 aromatic rings. The Morgan fingerprint density at radius 2 is 1.91 bits per heavy atom. The molecule has 43 heavy (non-hydrogen) atoms. The van der Waals surface area contributed by atoms with Crippen molar-refractivity contribution in [3.63, 3.8) is 0 Å². The molecule has 5 rings (SSSR count). The number of rotatable bonds is 9. The summed E-state index contributed by atoms with van der Waals surface area (Å²) in [6, 6.07) is 12.0. The number of hydrogen-bond donors (Lipinski definition) is 1. The van der Waals surface area contributed by atoms with Gasteiger partial charge in [-0.3, -0.25) is 9.36 Å². The maximum atomic E-state index is 13.9. The number of carboxylic acid groups (broad SMARTS) is 1. The summed E-state index contributed by atoms with van der Waals surface area (Å²) in [5.41, 5.74) is 1.36. The van der Waals surface area contributed by atoms with Gasteiger partial charge in [-0.1, -0.05) is 29.0 Å². The van der Waals surface area contributed by atoms with Gasteiger partial charge in [-0.25, -0.2) is 14.6 Å². The van der Waals surface area contributed by atoms with Crippen LogP contribution in [0.3, 0.4) is 0 Å². The normalized spacial score (nSPS) is 14.7. The van der Waals surface area contributed by atoms with Gasteiger partial charge in [0.05, 0.1) is 52.8 Å². The van der Waals surface area contributed by atoms with E-state index in [2.05, 4.69) is 4.99 Å². The van der Waals surface area contributed by atoms with E-state index >= 15 is 0 Å². The molecule has 0 amide bonds. The topological polar surface area (TPSA) is 130 Å². The molecule has 2 aromatic heterocycles. The fourth-order valence-corrected chi connectivity index (χ4v) is 6.03. The lowest BCUT2D eigenvalue weighted by molar-refractivity contribution is -0.139. The summed E-state index contributed by atoms with van der Waals surface area (Å²) in [7, 11) is 1.53. The summed E-state index contributed by atoms with van der Waals surface area (Å²) in [4.78, 5) is 43.6. The number of halogens is 1. The number of methoxy groups -OCH3 is 1. The highest BCUT2D eigenvalue weighted by Crippen LogP contribution is 2.36. The van der Waals surface area contributed by atoms with E-state index in [0.29, 0.717) is 60.8 Å². The molecule has 1 aliphatic heterocycles. The molecule has 0 saturated heterocycles. The van der Waals surface area contributed by atoms with E-state index in [1.807, 2.05) is 6.92 Å². The molecule has 3 heterocycles. The van der Waals surface area contributed by atoms with E-state index in [9.17, 15) is 19.5 Å². The Labute approximate surface area is 254 Å². The number of carboxylic acids is 1. The summed E-state index contributed by atoms with van der Waals surface area (Å²) in [5, 5.41) is 9.68. The second kappa shape index (κ2) is 12.3. The van der Waals surface area contributed by atoms with E-state index in [-0.39, 0.29) is 23.3 Å². The van der Waals surface area contributed by atoms with E-state index in [1.54, 1.807) is 50.3 Å². The first-order valence-corrected chi connectivity index (χ1v) is 14.5. The lowest BCUT2D eigenvalue weighted by Crippen LogP contribution is -2.39. The molecule has 222 valence electrons.